The molecule has 0 fully saturated rings. The van der Waals surface area contributed by atoms with Crippen molar-refractivity contribution in [3.05, 3.63) is 28.3 Å². The summed E-state index contributed by atoms with van der Waals surface area (Å²) in [5.74, 6) is 0. The summed E-state index contributed by atoms with van der Waals surface area (Å²) in [5, 5.41) is 3.47. The molecule has 0 atom stereocenters. The van der Waals surface area contributed by atoms with Gasteiger partial charge in [0.25, 0.3) is 0 Å². The number of benzene rings is 1. The van der Waals surface area contributed by atoms with Gasteiger partial charge in [-0.15, -0.1) is 0 Å². The van der Waals surface area contributed by atoms with E-state index < -0.39 is 10.0 Å². The molecule has 1 N–H and O–H groups in total. The van der Waals surface area contributed by atoms with E-state index in [1.807, 2.05) is 34.7 Å². The molecule has 0 spiro atoms. The summed E-state index contributed by atoms with van der Waals surface area (Å²) >= 11 is 6.09. The number of nitrogens with zero attached hydrogens (tertiary/aromatic N) is 1. The molecular formula is C15H25ClN2O2S. The maximum absolute atomic E-state index is 12.8. The normalized spacial score (nSPS) is 13.0. The van der Waals surface area contributed by atoms with E-state index in [4.69, 9.17) is 11.6 Å². The van der Waals surface area contributed by atoms with Crippen molar-refractivity contribution in [2.45, 2.75) is 39.1 Å². The van der Waals surface area contributed by atoms with E-state index in [2.05, 4.69) is 5.32 Å². The Balaban J connectivity index is 3.31. The van der Waals surface area contributed by atoms with Gasteiger partial charge in [-0.2, -0.15) is 0 Å². The Morgan fingerprint density at radius 1 is 1.29 bits per heavy atom. The lowest BCUT2D eigenvalue weighted by atomic mass is 9.97. The van der Waals surface area contributed by atoms with Gasteiger partial charge >= 0.3 is 0 Å². The average Bonchev–Trinajstić information content (AvgIpc) is 2.31. The topological polar surface area (TPSA) is 49.4 Å². The van der Waals surface area contributed by atoms with Gasteiger partial charge in [-0.25, -0.2) is 12.7 Å². The average molecular weight is 333 g/mol. The monoisotopic (exact) mass is 332 g/mol. The van der Waals surface area contributed by atoms with Gasteiger partial charge in [-0.05, 0) is 42.6 Å². The molecule has 6 heteroatoms. The molecule has 0 heterocycles. The molecule has 0 bridgehead atoms. The lowest BCUT2D eigenvalue weighted by molar-refractivity contribution is 0.310. The predicted octanol–water partition coefficient (Wildman–Crippen LogP) is 3.03. The number of halogens is 1. The molecule has 0 aliphatic rings. The summed E-state index contributed by atoms with van der Waals surface area (Å²) in [4.78, 5) is 0.284. The summed E-state index contributed by atoms with van der Waals surface area (Å²) in [6.45, 7) is 8.88. The second-order valence-corrected chi connectivity index (χ2v) is 8.99. The van der Waals surface area contributed by atoms with Crippen LogP contribution >= 0.6 is 11.6 Å². The Bertz CT molecular complexity index is 607. The second kappa shape index (κ2) is 6.65. The first kappa shape index (κ1) is 18.4. The smallest absolute Gasteiger partial charge is 0.243 e. The van der Waals surface area contributed by atoms with Crippen molar-refractivity contribution >= 4 is 21.6 Å². The van der Waals surface area contributed by atoms with E-state index in [-0.39, 0.29) is 10.3 Å². The molecular weight excluding hydrogens is 308 g/mol. The zero-order chi connectivity index (χ0) is 16.4. The van der Waals surface area contributed by atoms with Crippen LogP contribution in [0.1, 0.15) is 31.9 Å². The highest BCUT2D eigenvalue weighted by Gasteiger charge is 2.27. The first-order valence-corrected chi connectivity index (χ1v) is 8.71. The van der Waals surface area contributed by atoms with E-state index in [1.54, 1.807) is 13.1 Å². The van der Waals surface area contributed by atoms with Gasteiger partial charge < -0.3 is 5.32 Å². The van der Waals surface area contributed by atoms with Crippen LogP contribution in [0.5, 0.6) is 0 Å². The van der Waals surface area contributed by atoms with Crippen molar-refractivity contribution in [1.29, 1.82) is 0 Å². The van der Waals surface area contributed by atoms with Crippen molar-refractivity contribution in [3.63, 3.8) is 0 Å². The van der Waals surface area contributed by atoms with Gasteiger partial charge in [0, 0.05) is 25.2 Å². The molecule has 0 aliphatic heterocycles. The Hall–Kier alpha value is -0.620. The number of hydrogen-bond acceptors (Lipinski definition) is 3. The number of rotatable bonds is 5. The van der Waals surface area contributed by atoms with E-state index in [1.165, 1.54) is 10.4 Å². The molecule has 0 aliphatic carbocycles. The van der Waals surface area contributed by atoms with Crippen LogP contribution in [0.15, 0.2) is 17.0 Å². The van der Waals surface area contributed by atoms with E-state index in [9.17, 15) is 8.42 Å². The van der Waals surface area contributed by atoms with Gasteiger partial charge in [0.2, 0.25) is 10.0 Å². The number of hydrogen-bond donors (Lipinski definition) is 1. The van der Waals surface area contributed by atoms with E-state index in [0.717, 1.165) is 11.1 Å². The predicted molar refractivity (Wildman–Crippen MR) is 88.2 cm³/mol. The van der Waals surface area contributed by atoms with E-state index >= 15 is 0 Å². The van der Waals surface area contributed by atoms with E-state index in [0.29, 0.717) is 18.1 Å². The SMILES string of the molecule is CNCc1cc(Cl)cc(S(=O)(=O)N(C)CC(C)(C)C)c1C. The molecule has 120 valence electrons. The minimum Gasteiger partial charge on any atom is -0.316 e. The first-order valence-electron chi connectivity index (χ1n) is 6.89. The number of nitrogens with one attached hydrogen (secondary N) is 1. The highest BCUT2D eigenvalue weighted by Crippen LogP contribution is 2.28. The summed E-state index contributed by atoms with van der Waals surface area (Å²) in [6.07, 6.45) is 0. The van der Waals surface area contributed by atoms with Gasteiger partial charge in [0.15, 0.2) is 0 Å². The zero-order valence-corrected chi connectivity index (χ0v) is 15.2. The van der Waals surface area contributed by atoms with Crippen LogP contribution in [0.25, 0.3) is 0 Å². The van der Waals surface area contributed by atoms with Gasteiger partial charge in [-0.1, -0.05) is 32.4 Å². The fraction of sp³-hybridized carbons (Fsp3) is 0.600. The lowest BCUT2D eigenvalue weighted by Gasteiger charge is -2.27. The van der Waals surface area contributed by atoms with Crippen LogP contribution in [0, 0.1) is 12.3 Å². The highest BCUT2D eigenvalue weighted by molar-refractivity contribution is 7.89. The fourth-order valence-electron chi connectivity index (χ4n) is 2.27. The molecule has 0 amide bonds. The Labute approximate surface area is 133 Å². The van der Waals surface area contributed by atoms with Crippen LogP contribution in [0.3, 0.4) is 0 Å². The van der Waals surface area contributed by atoms with Gasteiger partial charge in [-0.3, -0.25) is 0 Å². The molecule has 0 saturated heterocycles. The molecule has 0 saturated carbocycles. The third-order valence-corrected chi connectivity index (χ3v) is 5.33. The summed E-state index contributed by atoms with van der Waals surface area (Å²) < 4.78 is 27.0. The third kappa shape index (κ3) is 4.68. The second-order valence-electron chi connectivity index (χ2n) is 6.54. The van der Waals surface area contributed by atoms with Crippen LogP contribution in [0.4, 0.5) is 0 Å². The van der Waals surface area contributed by atoms with Crippen molar-refractivity contribution in [3.8, 4) is 0 Å². The maximum atomic E-state index is 12.8. The van der Waals surface area contributed by atoms with Crippen LogP contribution in [0.2, 0.25) is 5.02 Å². The molecule has 0 radical (unpaired) electrons. The van der Waals surface area contributed by atoms with Crippen LogP contribution in [-0.4, -0.2) is 33.4 Å². The van der Waals surface area contributed by atoms with Crippen molar-refractivity contribution < 1.29 is 8.42 Å². The third-order valence-electron chi connectivity index (χ3n) is 3.18. The summed E-state index contributed by atoms with van der Waals surface area (Å²) in [7, 11) is -0.116. The summed E-state index contributed by atoms with van der Waals surface area (Å²) in [5.41, 5.74) is 1.53. The zero-order valence-electron chi connectivity index (χ0n) is 13.6. The molecule has 4 nitrogen and oxygen atoms in total. The molecule has 0 aromatic heterocycles. The molecule has 0 unspecified atom stereocenters. The maximum Gasteiger partial charge on any atom is 0.243 e. The van der Waals surface area contributed by atoms with Gasteiger partial charge in [0.05, 0.1) is 4.90 Å². The minimum atomic E-state index is -3.55. The molecule has 1 aromatic rings. The van der Waals surface area contributed by atoms with Gasteiger partial charge in [0.1, 0.15) is 0 Å². The van der Waals surface area contributed by atoms with Crippen molar-refractivity contribution in [1.82, 2.24) is 9.62 Å². The molecule has 1 aromatic carbocycles. The van der Waals surface area contributed by atoms with Crippen LogP contribution < -0.4 is 5.32 Å². The molecule has 1 rings (SSSR count). The van der Waals surface area contributed by atoms with Crippen molar-refractivity contribution in [2.75, 3.05) is 20.6 Å². The highest BCUT2D eigenvalue weighted by atomic mass is 35.5. The van der Waals surface area contributed by atoms with Crippen LogP contribution in [-0.2, 0) is 16.6 Å². The largest absolute Gasteiger partial charge is 0.316 e. The summed E-state index contributed by atoms with van der Waals surface area (Å²) in [6, 6.07) is 3.33. The van der Waals surface area contributed by atoms with Crippen molar-refractivity contribution in [2.24, 2.45) is 5.41 Å². The Morgan fingerprint density at radius 2 is 1.86 bits per heavy atom. The molecule has 21 heavy (non-hydrogen) atoms. The fourth-order valence-corrected chi connectivity index (χ4v) is 4.26. The quantitative estimate of drug-likeness (QED) is 0.901. The first-order chi connectivity index (χ1) is 9.49. The Kier molecular flexibility index (Phi) is 5.83. The standard InChI is InChI=1S/C15H25ClN2O2S/c1-11-12(9-17-5)7-13(16)8-14(11)21(19,20)18(6)10-15(2,3)4/h7-8,17H,9-10H2,1-6H3. The Morgan fingerprint density at radius 3 is 2.33 bits per heavy atom. The minimum absolute atomic E-state index is 0.109. The number of sulfonamides is 1. The lowest BCUT2D eigenvalue weighted by Crippen LogP contribution is -2.35.